The van der Waals surface area contributed by atoms with Crippen LogP contribution in [0.15, 0.2) is 0 Å². The molecule has 0 aromatic carbocycles. The third kappa shape index (κ3) is 14.3. The second-order valence-electron chi connectivity index (χ2n) is 4.24. The average Bonchev–Trinajstić information content (AvgIpc) is 2.25. The Bertz CT molecular complexity index is 314. The first-order valence-electron chi connectivity index (χ1n) is 5.78. The minimum atomic E-state index is -4.33. The third-order valence-corrected chi connectivity index (χ3v) is 3.00. The first kappa shape index (κ1) is 23.6. The fourth-order valence-electron chi connectivity index (χ4n) is 1.58. The number of hydrogen-bond acceptors (Lipinski definition) is 8. The van der Waals surface area contributed by atoms with Crippen LogP contribution in [0.3, 0.4) is 0 Å². The molecule has 0 rings (SSSR count). The second kappa shape index (κ2) is 12.8. The van der Waals surface area contributed by atoms with E-state index in [1.807, 2.05) is 0 Å². The Balaban J connectivity index is 0. The molecule has 0 aliphatic rings. The van der Waals surface area contributed by atoms with Crippen LogP contribution in [0, 0.1) is 0 Å². The number of aliphatic hydroxyl groups is 2. The standard InChI is InChI=1S/C10H23NO7S.K/c1-17-7-9(12)5-11(3-4-19(14,15)16)6-10(13)8-18-2;/h9-10,12-13H,3-8H2,1-2H3,(H,14,15,16);/q;+1/p-1. The van der Waals surface area contributed by atoms with Gasteiger partial charge >= 0.3 is 51.4 Å². The summed E-state index contributed by atoms with van der Waals surface area (Å²) in [6, 6.07) is 0. The van der Waals surface area contributed by atoms with Crippen molar-refractivity contribution in [3.63, 3.8) is 0 Å². The van der Waals surface area contributed by atoms with E-state index in [2.05, 4.69) is 0 Å². The van der Waals surface area contributed by atoms with E-state index < -0.39 is 28.1 Å². The fourth-order valence-corrected chi connectivity index (χ4v) is 2.07. The van der Waals surface area contributed by atoms with Gasteiger partial charge in [0.25, 0.3) is 0 Å². The van der Waals surface area contributed by atoms with Crippen molar-refractivity contribution in [1.82, 2.24) is 4.90 Å². The van der Waals surface area contributed by atoms with Gasteiger partial charge in [0.15, 0.2) is 0 Å². The molecule has 0 saturated carbocycles. The maximum absolute atomic E-state index is 10.6. The molecule has 0 fully saturated rings. The van der Waals surface area contributed by atoms with Crippen molar-refractivity contribution in [3.8, 4) is 0 Å². The number of ether oxygens (including phenoxy) is 2. The van der Waals surface area contributed by atoms with Gasteiger partial charge in [0, 0.05) is 33.9 Å². The van der Waals surface area contributed by atoms with E-state index in [4.69, 9.17) is 9.47 Å². The fraction of sp³-hybridized carbons (Fsp3) is 1.00. The van der Waals surface area contributed by atoms with Gasteiger partial charge in [-0.25, -0.2) is 8.42 Å². The molecule has 0 amide bonds. The van der Waals surface area contributed by atoms with Gasteiger partial charge in [-0.1, -0.05) is 0 Å². The molecular weight excluding hydrogens is 317 g/mol. The summed E-state index contributed by atoms with van der Waals surface area (Å²) in [5.74, 6) is -0.577. The van der Waals surface area contributed by atoms with E-state index in [1.54, 1.807) is 0 Å². The van der Waals surface area contributed by atoms with Crippen molar-refractivity contribution >= 4 is 10.1 Å². The van der Waals surface area contributed by atoms with Crippen LogP contribution < -0.4 is 51.4 Å². The summed E-state index contributed by atoms with van der Waals surface area (Å²) in [5.41, 5.74) is 0. The van der Waals surface area contributed by atoms with Gasteiger partial charge in [-0.05, 0) is 0 Å². The maximum atomic E-state index is 10.6. The number of nitrogens with zero attached hydrogens (tertiary/aromatic N) is 1. The molecule has 0 aliphatic carbocycles. The molecule has 0 saturated heterocycles. The minimum Gasteiger partial charge on any atom is -0.748 e. The molecule has 0 spiro atoms. The zero-order valence-corrected chi connectivity index (χ0v) is 16.1. The third-order valence-electron chi connectivity index (χ3n) is 2.31. The maximum Gasteiger partial charge on any atom is 1.00 e. The molecule has 0 heterocycles. The van der Waals surface area contributed by atoms with Gasteiger partial charge in [-0.2, -0.15) is 0 Å². The summed E-state index contributed by atoms with van der Waals surface area (Å²) in [7, 11) is -1.48. The molecule has 2 atom stereocenters. The first-order valence-corrected chi connectivity index (χ1v) is 7.36. The van der Waals surface area contributed by atoms with Gasteiger partial charge in [0.1, 0.15) is 0 Å². The summed E-state index contributed by atoms with van der Waals surface area (Å²) in [4.78, 5) is 1.49. The number of methoxy groups -OCH3 is 2. The molecule has 0 aromatic rings. The van der Waals surface area contributed by atoms with Gasteiger partial charge in [0.2, 0.25) is 0 Å². The van der Waals surface area contributed by atoms with Crippen LogP contribution in [0.5, 0.6) is 0 Å². The van der Waals surface area contributed by atoms with Crippen molar-refractivity contribution in [2.24, 2.45) is 0 Å². The van der Waals surface area contributed by atoms with Crippen molar-refractivity contribution in [2.45, 2.75) is 12.2 Å². The van der Waals surface area contributed by atoms with Crippen LogP contribution in [0.25, 0.3) is 0 Å². The Labute approximate surface area is 162 Å². The number of rotatable bonds is 11. The molecule has 0 radical (unpaired) electrons. The van der Waals surface area contributed by atoms with Crippen LogP contribution in [-0.4, -0.2) is 93.1 Å². The molecule has 116 valence electrons. The van der Waals surface area contributed by atoms with Gasteiger partial charge < -0.3 is 24.2 Å². The molecule has 0 aromatic heterocycles. The Morgan fingerprint density at radius 1 is 1.10 bits per heavy atom. The second-order valence-corrected chi connectivity index (χ2v) is 5.76. The van der Waals surface area contributed by atoms with Crippen LogP contribution in [0.1, 0.15) is 0 Å². The van der Waals surface area contributed by atoms with Crippen LogP contribution in [0.4, 0.5) is 0 Å². The molecular formula is C10H22KNO7S. The van der Waals surface area contributed by atoms with E-state index in [1.165, 1.54) is 19.1 Å². The van der Waals surface area contributed by atoms with Gasteiger partial charge in [-0.3, -0.25) is 4.90 Å². The number of aliphatic hydroxyl groups excluding tert-OH is 2. The van der Waals surface area contributed by atoms with E-state index in [-0.39, 0.29) is 84.2 Å². The van der Waals surface area contributed by atoms with Gasteiger partial charge in [0.05, 0.1) is 41.3 Å². The van der Waals surface area contributed by atoms with Crippen molar-refractivity contribution in [2.75, 3.05) is 52.8 Å². The van der Waals surface area contributed by atoms with Crippen LogP contribution in [0.2, 0.25) is 0 Å². The van der Waals surface area contributed by atoms with Crippen molar-refractivity contribution in [1.29, 1.82) is 0 Å². The summed E-state index contributed by atoms with van der Waals surface area (Å²) in [6.07, 6.45) is -1.65. The Hall–Kier alpha value is 1.35. The molecule has 0 aliphatic heterocycles. The summed E-state index contributed by atoms with van der Waals surface area (Å²) in [6.45, 7) is 0.309. The number of hydrogen-bond donors (Lipinski definition) is 2. The Kier molecular flexibility index (Phi) is 15.2. The SMILES string of the molecule is COCC(O)CN(CCS(=O)(=O)[O-])CC(O)COC.[K+]. The zero-order chi connectivity index (χ0) is 14.9. The molecule has 0 bridgehead atoms. The van der Waals surface area contributed by atoms with E-state index in [0.29, 0.717) is 0 Å². The van der Waals surface area contributed by atoms with Crippen molar-refractivity contribution < 1.29 is 84.0 Å². The first-order chi connectivity index (χ1) is 8.78. The topological polar surface area (TPSA) is 119 Å². The molecule has 10 heteroatoms. The average molecular weight is 339 g/mol. The van der Waals surface area contributed by atoms with E-state index in [0.717, 1.165) is 0 Å². The van der Waals surface area contributed by atoms with E-state index >= 15 is 0 Å². The quantitative estimate of drug-likeness (QED) is 0.283. The summed E-state index contributed by atoms with van der Waals surface area (Å²) >= 11 is 0. The van der Waals surface area contributed by atoms with Gasteiger partial charge in [-0.15, -0.1) is 0 Å². The monoisotopic (exact) mass is 339 g/mol. The predicted molar refractivity (Wildman–Crippen MR) is 66.8 cm³/mol. The molecule has 20 heavy (non-hydrogen) atoms. The summed E-state index contributed by atoms with van der Waals surface area (Å²) < 4.78 is 41.3. The zero-order valence-electron chi connectivity index (χ0n) is 12.2. The normalized spacial score (nSPS) is 14.9. The molecule has 8 nitrogen and oxygen atoms in total. The van der Waals surface area contributed by atoms with Crippen molar-refractivity contribution in [3.05, 3.63) is 0 Å². The van der Waals surface area contributed by atoms with Crippen LogP contribution >= 0.6 is 0 Å². The van der Waals surface area contributed by atoms with E-state index in [9.17, 15) is 23.2 Å². The molecule has 2 N–H and O–H groups in total. The van der Waals surface area contributed by atoms with Crippen LogP contribution in [-0.2, 0) is 19.6 Å². The smallest absolute Gasteiger partial charge is 0.748 e. The largest absolute Gasteiger partial charge is 1.00 e. The molecule has 2 unspecified atom stereocenters. The Morgan fingerprint density at radius 3 is 1.80 bits per heavy atom. The Morgan fingerprint density at radius 2 is 1.50 bits per heavy atom. The summed E-state index contributed by atoms with van der Waals surface area (Å²) in [5, 5.41) is 19.2. The predicted octanol–water partition coefficient (Wildman–Crippen LogP) is -5.15. The minimum absolute atomic E-state index is 0.